The van der Waals surface area contributed by atoms with Gasteiger partial charge in [-0.3, -0.25) is 14.6 Å². The van der Waals surface area contributed by atoms with Crippen LogP contribution >= 0.6 is 0 Å². The van der Waals surface area contributed by atoms with Crippen LogP contribution in [0.5, 0.6) is 0 Å². The second kappa shape index (κ2) is 8.24. The lowest BCUT2D eigenvalue weighted by Gasteiger charge is -2.44. The van der Waals surface area contributed by atoms with Gasteiger partial charge in [-0.2, -0.15) is 0 Å². The van der Waals surface area contributed by atoms with Crippen LogP contribution in [0.2, 0.25) is 0 Å². The second-order valence-electron chi connectivity index (χ2n) is 6.74. The van der Waals surface area contributed by atoms with E-state index in [4.69, 9.17) is 0 Å². The first-order valence-electron chi connectivity index (χ1n) is 8.92. The molecule has 2 aromatic rings. The van der Waals surface area contributed by atoms with Gasteiger partial charge in [0.2, 0.25) is 0 Å². The maximum atomic E-state index is 11.2. The van der Waals surface area contributed by atoms with E-state index in [1.165, 1.54) is 11.1 Å². The molecule has 2 aromatic carbocycles. The summed E-state index contributed by atoms with van der Waals surface area (Å²) in [6, 6.07) is 19.2. The van der Waals surface area contributed by atoms with Crippen molar-refractivity contribution < 1.29 is 4.79 Å². The van der Waals surface area contributed by atoms with Crippen LogP contribution < -0.4 is 0 Å². The molecule has 1 saturated heterocycles. The average molecular weight is 334 g/mol. The number of piperazine rings is 1. The molecule has 0 bridgehead atoms. The predicted molar refractivity (Wildman–Crippen MR) is 103 cm³/mol. The summed E-state index contributed by atoms with van der Waals surface area (Å²) in [6.07, 6.45) is 2.90. The minimum Gasteiger partial charge on any atom is -0.298 e. The minimum atomic E-state index is 0.169. The van der Waals surface area contributed by atoms with Crippen molar-refractivity contribution in [3.05, 3.63) is 83.9 Å². The molecule has 3 nitrogen and oxygen atoms in total. The Balaban J connectivity index is 1.94. The van der Waals surface area contributed by atoms with Crippen molar-refractivity contribution in [1.82, 2.24) is 9.80 Å². The molecule has 0 radical (unpaired) electrons. The van der Waals surface area contributed by atoms with E-state index in [-0.39, 0.29) is 6.04 Å². The van der Waals surface area contributed by atoms with E-state index < -0.39 is 0 Å². The number of hydrogen-bond donors (Lipinski definition) is 0. The molecule has 3 heteroatoms. The molecule has 1 aliphatic heterocycles. The largest absolute Gasteiger partial charge is 0.298 e. The number of rotatable bonds is 6. The molecule has 1 fully saturated rings. The normalized spacial score (nSPS) is 20.1. The molecule has 0 spiro atoms. The predicted octanol–water partition coefficient (Wildman–Crippen LogP) is 3.78. The third-order valence-corrected chi connectivity index (χ3v) is 4.96. The Bertz CT molecular complexity index is 713. The highest BCUT2D eigenvalue weighted by Crippen LogP contribution is 2.32. The molecule has 0 aliphatic carbocycles. The highest BCUT2D eigenvalue weighted by atomic mass is 16.1. The summed E-state index contributed by atoms with van der Waals surface area (Å²) in [6.45, 7) is 10.2. The smallest absolute Gasteiger partial charge is 0.150 e. The molecule has 0 amide bonds. The summed E-state index contributed by atoms with van der Waals surface area (Å²) >= 11 is 0. The summed E-state index contributed by atoms with van der Waals surface area (Å²) in [5.74, 6) is 0. The molecule has 1 heterocycles. The van der Waals surface area contributed by atoms with E-state index in [1.807, 2.05) is 30.3 Å². The van der Waals surface area contributed by atoms with Crippen LogP contribution in [0.15, 0.2) is 67.3 Å². The zero-order chi connectivity index (χ0) is 17.6. The molecule has 3 rings (SSSR count). The van der Waals surface area contributed by atoms with Crippen molar-refractivity contribution in [2.45, 2.75) is 19.0 Å². The first-order chi connectivity index (χ1) is 12.2. The molecule has 0 aromatic heterocycles. The van der Waals surface area contributed by atoms with Gasteiger partial charge in [0.15, 0.2) is 0 Å². The lowest BCUT2D eigenvalue weighted by atomic mass is 9.93. The van der Waals surface area contributed by atoms with Crippen LogP contribution in [0.25, 0.3) is 0 Å². The molecular weight excluding hydrogens is 308 g/mol. The summed E-state index contributed by atoms with van der Waals surface area (Å²) in [5, 5.41) is 0. The first kappa shape index (κ1) is 17.6. The average Bonchev–Trinajstić information content (AvgIpc) is 2.65. The standard InChI is InChI=1S/C22H26N2O/c1-3-12-23-13-14-24(18(2)16-23)22(20-9-5-4-6-10-20)21-11-7-8-19(15-21)17-25/h3-11,15,17-18,22H,1,12-14,16H2,2H3. The van der Waals surface area contributed by atoms with Gasteiger partial charge in [0.1, 0.15) is 6.29 Å². The fourth-order valence-corrected chi connectivity index (χ4v) is 3.79. The van der Waals surface area contributed by atoms with Crippen molar-refractivity contribution in [3.63, 3.8) is 0 Å². The minimum absolute atomic E-state index is 0.169. The van der Waals surface area contributed by atoms with Gasteiger partial charge in [-0.05, 0) is 24.1 Å². The van der Waals surface area contributed by atoms with Crippen LogP contribution in [0.4, 0.5) is 0 Å². The highest BCUT2D eigenvalue weighted by molar-refractivity contribution is 5.75. The van der Waals surface area contributed by atoms with E-state index >= 15 is 0 Å². The van der Waals surface area contributed by atoms with Gasteiger partial charge in [0.05, 0.1) is 6.04 Å². The Morgan fingerprint density at radius 1 is 1.12 bits per heavy atom. The Labute approximate surface area is 150 Å². The fourth-order valence-electron chi connectivity index (χ4n) is 3.79. The van der Waals surface area contributed by atoms with Gasteiger partial charge in [-0.25, -0.2) is 0 Å². The lowest BCUT2D eigenvalue weighted by molar-refractivity contribution is 0.0671. The summed E-state index contributed by atoms with van der Waals surface area (Å²) in [4.78, 5) is 16.2. The first-order valence-corrected chi connectivity index (χ1v) is 8.92. The fraction of sp³-hybridized carbons (Fsp3) is 0.318. The number of hydrogen-bond acceptors (Lipinski definition) is 3. The lowest BCUT2D eigenvalue weighted by Crippen LogP contribution is -2.53. The van der Waals surface area contributed by atoms with Crippen molar-refractivity contribution in [2.24, 2.45) is 0 Å². The highest BCUT2D eigenvalue weighted by Gasteiger charge is 2.30. The Morgan fingerprint density at radius 2 is 1.88 bits per heavy atom. The van der Waals surface area contributed by atoms with Crippen LogP contribution in [0.1, 0.15) is 34.5 Å². The van der Waals surface area contributed by atoms with Gasteiger partial charge in [0.25, 0.3) is 0 Å². The van der Waals surface area contributed by atoms with E-state index in [0.29, 0.717) is 6.04 Å². The zero-order valence-electron chi connectivity index (χ0n) is 14.8. The molecule has 25 heavy (non-hydrogen) atoms. The molecule has 1 aliphatic rings. The Hall–Kier alpha value is -2.23. The van der Waals surface area contributed by atoms with Crippen molar-refractivity contribution >= 4 is 6.29 Å². The van der Waals surface area contributed by atoms with Crippen LogP contribution in [0, 0.1) is 0 Å². The van der Waals surface area contributed by atoms with Gasteiger partial charge >= 0.3 is 0 Å². The summed E-state index contributed by atoms with van der Waals surface area (Å²) in [7, 11) is 0. The summed E-state index contributed by atoms with van der Waals surface area (Å²) < 4.78 is 0. The quantitative estimate of drug-likeness (QED) is 0.593. The Morgan fingerprint density at radius 3 is 2.56 bits per heavy atom. The zero-order valence-corrected chi connectivity index (χ0v) is 14.8. The molecule has 2 atom stereocenters. The van der Waals surface area contributed by atoms with Gasteiger partial charge in [0, 0.05) is 37.8 Å². The van der Waals surface area contributed by atoms with Crippen LogP contribution in [0.3, 0.4) is 0 Å². The second-order valence-corrected chi connectivity index (χ2v) is 6.74. The summed E-state index contributed by atoms with van der Waals surface area (Å²) in [5.41, 5.74) is 3.19. The number of carbonyl (C=O) groups excluding carboxylic acids is 1. The molecular formula is C22H26N2O. The van der Waals surface area contributed by atoms with E-state index in [1.54, 1.807) is 0 Å². The third kappa shape index (κ3) is 4.06. The molecule has 2 unspecified atom stereocenters. The number of aldehydes is 1. The van der Waals surface area contributed by atoms with Crippen molar-refractivity contribution in [2.75, 3.05) is 26.2 Å². The van der Waals surface area contributed by atoms with E-state index in [0.717, 1.165) is 38.0 Å². The Kier molecular flexibility index (Phi) is 5.79. The van der Waals surface area contributed by atoms with Gasteiger partial charge < -0.3 is 0 Å². The van der Waals surface area contributed by atoms with Crippen LogP contribution in [-0.2, 0) is 0 Å². The van der Waals surface area contributed by atoms with Crippen molar-refractivity contribution in [1.29, 1.82) is 0 Å². The monoisotopic (exact) mass is 334 g/mol. The number of benzene rings is 2. The maximum absolute atomic E-state index is 11.2. The maximum Gasteiger partial charge on any atom is 0.150 e. The topological polar surface area (TPSA) is 23.6 Å². The van der Waals surface area contributed by atoms with E-state index in [2.05, 4.69) is 53.6 Å². The van der Waals surface area contributed by atoms with Crippen molar-refractivity contribution in [3.8, 4) is 0 Å². The number of carbonyl (C=O) groups is 1. The molecule has 130 valence electrons. The van der Waals surface area contributed by atoms with Gasteiger partial charge in [-0.15, -0.1) is 6.58 Å². The number of nitrogens with zero attached hydrogens (tertiary/aromatic N) is 2. The SMILES string of the molecule is C=CCN1CCN(C(c2ccccc2)c2cccc(C=O)c2)C(C)C1. The third-order valence-electron chi connectivity index (χ3n) is 4.96. The van der Waals surface area contributed by atoms with Crippen LogP contribution in [-0.4, -0.2) is 48.3 Å². The van der Waals surface area contributed by atoms with Gasteiger partial charge in [-0.1, -0.05) is 54.6 Å². The van der Waals surface area contributed by atoms with E-state index in [9.17, 15) is 4.79 Å². The molecule has 0 N–H and O–H groups in total. The molecule has 0 saturated carbocycles.